The number of benzene rings is 1. The number of anilines is 1. The van der Waals surface area contributed by atoms with Crippen molar-refractivity contribution in [1.29, 1.82) is 0 Å². The van der Waals surface area contributed by atoms with Crippen LogP contribution in [0.2, 0.25) is 0 Å². The second-order valence-electron chi connectivity index (χ2n) is 3.92. The fourth-order valence-corrected chi connectivity index (χ4v) is 1.60. The molecule has 0 radical (unpaired) electrons. The number of ether oxygens (including phenoxy) is 2. The van der Waals surface area contributed by atoms with Gasteiger partial charge < -0.3 is 15.3 Å². The van der Waals surface area contributed by atoms with Crippen molar-refractivity contribution in [2.24, 2.45) is 5.10 Å². The first-order valence-electron chi connectivity index (χ1n) is 5.60. The van der Waals surface area contributed by atoms with Crippen molar-refractivity contribution in [3.8, 4) is 11.5 Å². The Morgan fingerprint density at radius 3 is 3.00 bits per heavy atom. The summed E-state index contributed by atoms with van der Waals surface area (Å²) in [4.78, 5) is 0. The van der Waals surface area contributed by atoms with Crippen LogP contribution < -0.4 is 20.7 Å². The summed E-state index contributed by atoms with van der Waals surface area (Å²) < 4.78 is 11.8. The fourth-order valence-electron chi connectivity index (χ4n) is 1.60. The molecule has 1 aromatic carbocycles. The minimum Gasteiger partial charge on any atom is -0.454 e. The molecule has 3 rings (SSSR count). The zero-order chi connectivity index (χ0) is 13.2. The lowest BCUT2D eigenvalue weighted by Crippen LogP contribution is -2.13. The van der Waals surface area contributed by atoms with Gasteiger partial charge in [-0.25, -0.2) is 10.1 Å². The number of hydrogen-bond donors (Lipinski definition) is 2. The fraction of sp³-hybridized carbons (Fsp3) is 0.182. The van der Waals surface area contributed by atoms with Gasteiger partial charge in [0.05, 0.1) is 6.21 Å². The first-order valence-corrected chi connectivity index (χ1v) is 5.60. The van der Waals surface area contributed by atoms with Crippen molar-refractivity contribution in [3.63, 3.8) is 0 Å². The highest BCUT2D eigenvalue weighted by Crippen LogP contribution is 2.31. The third-order valence-electron chi connectivity index (χ3n) is 2.64. The standard InChI is InChI=1S/C11H12N6O2/c1-7-14-16-11(17(7)12)15-13-5-8-2-3-9-10(4-8)19-6-18-9/h2-5H,6,12H2,1H3,(H,15,16)/b13-5-. The van der Waals surface area contributed by atoms with Gasteiger partial charge in [-0.1, -0.05) is 0 Å². The monoisotopic (exact) mass is 260 g/mol. The number of fused-ring (bicyclic) bond motifs is 1. The number of hydrazone groups is 1. The molecule has 98 valence electrons. The molecule has 2 heterocycles. The number of hydrogen-bond acceptors (Lipinski definition) is 7. The lowest BCUT2D eigenvalue weighted by atomic mass is 10.2. The Labute approximate surface area is 108 Å². The van der Waals surface area contributed by atoms with Crippen molar-refractivity contribution < 1.29 is 9.47 Å². The molecule has 0 bridgehead atoms. The third kappa shape index (κ3) is 2.15. The Kier molecular flexibility index (Phi) is 2.67. The van der Waals surface area contributed by atoms with Crippen LogP contribution in [0.3, 0.4) is 0 Å². The molecule has 8 nitrogen and oxygen atoms in total. The van der Waals surface area contributed by atoms with E-state index in [2.05, 4.69) is 20.7 Å². The summed E-state index contributed by atoms with van der Waals surface area (Å²) in [5.41, 5.74) is 3.58. The molecule has 0 amide bonds. The summed E-state index contributed by atoms with van der Waals surface area (Å²) in [5, 5.41) is 11.7. The molecular weight excluding hydrogens is 248 g/mol. The molecule has 0 fully saturated rings. The zero-order valence-corrected chi connectivity index (χ0v) is 10.2. The van der Waals surface area contributed by atoms with Crippen LogP contribution in [0.1, 0.15) is 11.4 Å². The van der Waals surface area contributed by atoms with E-state index in [0.717, 1.165) is 11.3 Å². The third-order valence-corrected chi connectivity index (χ3v) is 2.64. The van der Waals surface area contributed by atoms with Crippen molar-refractivity contribution in [1.82, 2.24) is 14.9 Å². The first kappa shape index (κ1) is 11.3. The van der Waals surface area contributed by atoms with Gasteiger partial charge in [-0.3, -0.25) is 0 Å². The van der Waals surface area contributed by atoms with Gasteiger partial charge in [0.15, 0.2) is 17.3 Å². The number of aromatic nitrogens is 3. The van der Waals surface area contributed by atoms with E-state index in [9.17, 15) is 0 Å². The molecular formula is C11H12N6O2. The van der Waals surface area contributed by atoms with Crippen molar-refractivity contribution in [2.75, 3.05) is 18.1 Å². The largest absolute Gasteiger partial charge is 0.454 e. The predicted octanol–water partition coefficient (Wildman–Crippen LogP) is 0.475. The quantitative estimate of drug-likeness (QED) is 0.473. The minimum atomic E-state index is 0.254. The van der Waals surface area contributed by atoms with Crippen LogP contribution in [0.4, 0.5) is 5.95 Å². The molecule has 19 heavy (non-hydrogen) atoms. The van der Waals surface area contributed by atoms with Crippen LogP contribution in [0.5, 0.6) is 11.5 Å². The molecule has 1 aliphatic heterocycles. The zero-order valence-electron chi connectivity index (χ0n) is 10.2. The highest BCUT2D eigenvalue weighted by molar-refractivity contribution is 5.81. The molecule has 0 spiro atoms. The van der Waals surface area contributed by atoms with Crippen LogP contribution >= 0.6 is 0 Å². The second-order valence-corrected chi connectivity index (χ2v) is 3.92. The maximum absolute atomic E-state index is 5.67. The minimum absolute atomic E-state index is 0.254. The molecule has 1 aromatic heterocycles. The lowest BCUT2D eigenvalue weighted by molar-refractivity contribution is 0.174. The summed E-state index contributed by atoms with van der Waals surface area (Å²) in [6, 6.07) is 5.54. The van der Waals surface area contributed by atoms with E-state index >= 15 is 0 Å². The van der Waals surface area contributed by atoms with E-state index in [1.807, 2.05) is 18.2 Å². The van der Waals surface area contributed by atoms with Gasteiger partial charge in [0.1, 0.15) is 0 Å². The van der Waals surface area contributed by atoms with E-state index in [4.69, 9.17) is 15.3 Å². The van der Waals surface area contributed by atoms with Crippen LogP contribution in [0.25, 0.3) is 0 Å². The highest BCUT2D eigenvalue weighted by Gasteiger charge is 2.12. The summed E-state index contributed by atoms with van der Waals surface area (Å²) in [6.45, 7) is 2.00. The van der Waals surface area contributed by atoms with E-state index in [1.165, 1.54) is 4.68 Å². The number of nitrogens with two attached hydrogens (primary N) is 1. The Morgan fingerprint density at radius 2 is 2.21 bits per heavy atom. The molecule has 3 N–H and O–H groups in total. The summed E-state index contributed by atoms with van der Waals surface area (Å²) in [6.07, 6.45) is 1.63. The van der Waals surface area contributed by atoms with Crippen molar-refractivity contribution in [2.45, 2.75) is 6.92 Å². The Morgan fingerprint density at radius 1 is 1.37 bits per heavy atom. The smallest absolute Gasteiger partial charge is 0.263 e. The normalized spacial score (nSPS) is 13.1. The summed E-state index contributed by atoms with van der Waals surface area (Å²) in [7, 11) is 0. The predicted molar refractivity (Wildman–Crippen MR) is 68.7 cm³/mol. The van der Waals surface area contributed by atoms with Gasteiger partial charge in [0.2, 0.25) is 6.79 Å². The van der Waals surface area contributed by atoms with Gasteiger partial charge in [-0.05, 0) is 30.7 Å². The molecule has 1 aliphatic rings. The average Bonchev–Trinajstić information content (AvgIpc) is 2.99. The number of nitrogen functional groups attached to an aromatic ring is 1. The second kappa shape index (κ2) is 4.48. The number of rotatable bonds is 3. The van der Waals surface area contributed by atoms with Gasteiger partial charge in [-0.15, -0.1) is 10.2 Å². The van der Waals surface area contributed by atoms with Crippen LogP contribution in [-0.4, -0.2) is 27.9 Å². The highest BCUT2D eigenvalue weighted by atomic mass is 16.7. The van der Waals surface area contributed by atoms with Crippen LogP contribution in [0.15, 0.2) is 23.3 Å². The van der Waals surface area contributed by atoms with E-state index < -0.39 is 0 Å². The Balaban J connectivity index is 1.71. The van der Waals surface area contributed by atoms with Gasteiger partial charge in [0, 0.05) is 0 Å². The van der Waals surface area contributed by atoms with E-state index in [-0.39, 0.29) is 6.79 Å². The van der Waals surface area contributed by atoms with Crippen LogP contribution in [0, 0.1) is 6.92 Å². The number of aryl methyl sites for hydroxylation is 1. The topological polar surface area (TPSA) is 99.6 Å². The molecule has 0 saturated heterocycles. The van der Waals surface area contributed by atoms with E-state index in [0.29, 0.717) is 17.5 Å². The summed E-state index contributed by atoms with van der Waals surface area (Å²) in [5.74, 6) is 8.09. The molecule has 0 unspecified atom stereocenters. The molecule has 0 saturated carbocycles. The van der Waals surface area contributed by atoms with Gasteiger partial charge in [-0.2, -0.15) is 5.10 Å². The average molecular weight is 260 g/mol. The SMILES string of the molecule is Cc1nnc(N/N=C\c2ccc3c(c2)OCO3)n1N. The van der Waals surface area contributed by atoms with Crippen molar-refractivity contribution >= 4 is 12.2 Å². The Hall–Kier alpha value is -2.77. The maximum atomic E-state index is 5.67. The summed E-state index contributed by atoms with van der Waals surface area (Å²) >= 11 is 0. The molecule has 2 aromatic rings. The Bertz CT molecular complexity index is 636. The maximum Gasteiger partial charge on any atom is 0.263 e. The van der Waals surface area contributed by atoms with E-state index in [1.54, 1.807) is 13.1 Å². The number of nitrogens with zero attached hydrogens (tertiary/aromatic N) is 4. The lowest BCUT2D eigenvalue weighted by Gasteiger charge is -2.00. The van der Waals surface area contributed by atoms with Crippen molar-refractivity contribution in [3.05, 3.63) is 29.6 Å². The first-order chi connectivity index (χ1) is 9.24. The van der Waals surface area contributed by atoms with Gasteiger partial charge in [0.25, 0.3) is 5.95 Å². The molecule has 0 atom stereocenters. The number of nitrogens with one attached hydrogen (secondary N) is 1. The van der Waals surface area contributed by atoms with Crippen LogP contribution in [-0.2, 0) is 0 Å². The van der Waals surface area contributed by atoms with Gasteiger partial charge >= 0.3 is 0 Å². The molecule has 0 aliphatic carbocycles. The molecule has 8 heteroatoms.